The molecule has 19 heavy (non-hydrogen) atoms. The quantitative estimate of drug-likeness (QED) is 0.888. The van der Waals surface area contributed by atoms with E-state index >= 15 is 0 Å². The molecule has 1 aromatic carbocycles. The zero-order valence-electron chi connectivity index (χ0n) is 11.1. The zero-order chi connectivity index (χ0) is 13.8. The lowest BCUT2D eigenvalue weighted by Crippen LogP contribution is -2.20. The van der Waals surface area contributed by atoms with Crippen LogP contribution in [-0.2, 0) is 13.6 Å². The molecule has 1 aromatic heterocycles. The molecule has 0 fully saturated rings. The van der Waals surface area contributed by atoms with E-state index in [-0.39, 0.29) is 6.04 Å². The minimum absolute atomic E-state index is 0.123. The number of aromatic nitrogens is 2. The third-order valence-corrected chi connectivity index (χ3v) is 3.58. The van der Waals surface area contributed by atoms with Crippen LogP contribution in [0.3, 0.4) is 0 Å². The maximum absolute atomic E-state index is 9.96. The molecule has 0 amide bonds. The van der Waals surface area contributed by atoms with Crippen LogP contribution >= 0.6 is 15.9 Å². The van der Waals surface area contributed by atoms with E-state index in [1.807, 2.05) is 31.6 Å². The fourth-order valence-electron chi connectivity index (χ4n) is 2.08. The van der Waals surface area contributed by atoms with Gasteiger partial charge in [0.05, 0.1) is 6.20 Å². The second-order valence-electron chi connectivity index (χ2n) is 4.57. The Bertz CT molecular complexity index is 553. The van der Waals surface area contributed by atoms with Crippen LogP contribution in [0.15, 0.2) is 35.1 Å². The van der Waals surface area contributed by atoms with Crippen molar-refractivity contribution < 1.29 is 5.11 Å². The third-order valence-electron chi connectivity index (χ3n) is 3.08. The van der Waals surface area contributed by atoms with Crippen molar-refractivity contribution in [2.24, 2.45) is 7.05 Å². The van der Waals surface area contributed by atoms with Crippen LogP contribution in [0.25, 0.3) is 0 Å². The van der Waals surface area contributed by atoms with Crippen molar-refractivity contribution >= 4 is 15.9 Å². The van der Waals surface area contributed by atoms with Crippen LogP contribution in [0.2, 0.25) is 0 Å². The summed E-state index contributed by atoms with van der Waals surface area (Å²) in [6, 6.07) is 5.64. The first-order valence-corrected chi connectivity index (χ1v) is 7.08. The summed E-state index contributed by atoms with van der Waals surface area (Å²) in [5.41, 5.74) is 2.05. The second-order valence-corrected chi connectivity index (χ2v) is 5.48. The number of aryl methyl sites for hydroxylation is 1. The van der Waals surface area contributed by atoms with Crippen molar-refractivity contribution in [3.05, 3.63) is 46.2 Å². The number of aromatic hydroxyl groups is 1. The van der Waals surface area contributed by atoms with Crippen molar-refractivity contribution in [2.75, 3.05) is 0 Å². The van der Waals surface area contributed by atoms with E-state index in [0.717, 1.165) is 28.6 Å². The number of phenols is 1. The Balaban J connectivity index is 2.09. The lowest BCUT2D eigenvalue weighted by Gasteiger charge is -2.18. The van der Waals surface area contributed by atoms with Gasteiger partial charge in [0.2, 0.25) is 0 Å². The second kappa shape index (κ2) is 6.21. The van der Waals surface area contributed by atoms with Gasteiger partial charge in [-0.15, -0.1) is 0 Å². The Kier molecular flexibility index (Phi) is 4.61. The first kappa shape index (κ1) is 14.1. The van der Waals surface area contributed by atoms with Gasteiger partial charge in [0.25, 0.3) is 0 Å². The van der Waals surface area contributed by atoms with Crippen molar-refractivity contribution in [1.29, 1.82) is 0 Å². The molecule has 102 valence electrons. The van der Waals surface area contributed by atoms with Gasteiger partial charge in [-0.2, -0.15) is 5.10 Å². The van der Waals surface area contributed by atoms with E-state index in [1.54, 1.807) is 10.7 Å². The summed E-state index contributed by atoms with van der Waals surface area (Å²) in [5.74, 6) is 0.328. The lowest BCUT2D eigenvalue weighted by molar-refractivity contribution is 0.440. The van der Waals surface area contributed by atoms with Crippen molar-refractivity contribution in [3.63, 3.8) is 0 Å². The van der Waals surface area contributed by atoms with Crippen molar-refractivity contribution in [1.82, 2.24) is 15.1 Å². The molecule has 0 aliphatic carbocycles. The van der Waals surface area contributed by atoms with E-state index in [4.69, 9.17) is 0 Å². The highest BCUT2D eigenvalue weighted by Crippen LogP contribution is 2.29. The predicted molar refractivity (Wildman–Crippen MR) is 78.9 cm³/mol. The highest BCUT2D eigenvalue weighted by Gasteiger charge is 2.13. The SMILES string of the molecule is CCC(NCc1cnn(C)c1)c1cc(Br)ccc1O. The van der Waals surface area contributed by atoms with E-state index in [1.165, 1.54) is 0 Å². The molecule has 0 spiro atoms. The van der Waals surface area contributed by atoms with Crippen molar-refractivity contribution in [3.8, 4) is 5.75 Å². The Morgan fingerprint density at radius 2 is 2.26 bits per heavy atom. The molecule has 0 aliphatic rings. The molecule has 2 N–H and O–H groups in total. The molecule has 1 unspecified atom stereocenters. The normalized spacial score (nSPS) is 12.6. The summed E-state index contributed by atoms with van der Waals surface area (Å²) in [7, 11) is 1.90. The highest BCUT2D eigenvalue weighted by molar-refractivity contribution is 9.10. The number of rotatable bonds is 5. The van der Waals surface area contributed by atoms with Gasteiger partial charge in [0, 0.05) is 41.4 Å². The van der Waals surface area contributed by atoms with Crippen LogP contribution in [0.4, 0.5) is 0 Å². The van der Waals surface area contributed by atoms with Gasteiger partial charge in [-0.25, -0.2) is 0 Å². The number of nitrogens with zero attached hydrogens (tertiary/aromatic N) is 2. The van der Waals surface area contributed by atoms with Crippen LogP contribution in [0, 0.1) is 0 Å². The van der Waals surface area contributed by atoms with Gasteiger partial charge < -0.3 is 10.4 Å². The summed E-state index contributed by atoms with van der Waals surface area (Å²) in [4.78, 5) is 0. The number of hydrogen-bond acceptors (Lipinski definition) is 3. The Morgan fingerprint density at radius 1 is 1.47 bits per heavy atom. The molecule has 0 aliphatic heterocycles. The average Bonchev–Trinajstić information content (AvgIpc) is 2.80. The summed E-state index contributed by atoms with van der Waals surface area (Å²) >= 11 is 3.44. The first-order valence-electron chi connectivity index (χ1n) is 6.29. The Morgan fingerprint density at radius 3 is 2.89 bits per heavy atom. The van der Waals surface area contributed by atoms with E-state index in [0.29, 0.717) is 5.75 Å². The summed E-state index contributed by atoms with van der Waals surface area (Å²) in [6.07, 6.45) is 4.74. The van der Waals surface area contributed by atoms with Gasteiger partial charge in [-0.1, -0.05) is 22.9 Å². The van der Waals surface area contributed by atoms with Gasteiger partial charge in [0.1, 0.15) is 5.75 Å². The van der Waals surface area contributed by atoms with Crippen molar-refractivity contribution in [2.45, 2.75) is 25.9 Å². The minimum Gasteiger partial charge on any atom is -0.508 e. The van der Waals surface area contributed by atoms with Gasteiger partial charge in [-0.05, 0) is 24.6 Å². The number of phenolic OH excluding ortho intramolecular Hbond substituents is 1. The fraction of sp³-hybridized carbons (Fsp3) is 0.357. The summed E-state index contributed by atoms with van der Waals surface area (Å²) in [6.45, 7) is 2.83. The van der Waals surface area contributed by atoms with Crippen LogP contribution in [0.5, 0.6) is 5.75 Å². The third kappa shape index (κ3) is 3.58. The zero-order valence-corrected chi connectivity index (χ0v) is 12.7. The molecule has 0 bridgehead atoms. The molecule has 2 rings (SSSR count). The number of hydrogen-bond donors (Lipinski definition) is 2. The maximum Gasteiger partial charge on any atom is 0.120 e. The average molecular weight is 324 g/mol. The topological polar surface area (TPSA) is 50.1 Å². The molecule has 1 atom stereocenters. The fourth-order valence-corrected chi connectivity index (χ4v) is 2.46. The first-order chi connectivity index (χ1) is 9.10. The van der Waals surface area contributed by atoms with E-state index < -0.39 is 0 Å². The standard InChI is InChI=1S/C14H18BrN3O/c1-3-13(12-6-11(15)4-5-14(12)19)16-7-10-8-17-18(2)9-10/h4-6,8-9,13,16,19H,3,7H2,1-2H3. The minimum atomic E-state index is 0.123. The Hall–Kier alpha value is -1.33. The highest BCUT2D eigenvalue weighted by atomic mass is 79.9. The smallest absolute Gasteiger partial charge is 0.120 e. The molecule has 5 heteroatoms. The predicted octanol–water partition coefficient (Wildman–Crippen LogP) is 3.13. The Labute approximate surface area is 121 Å². The van der Waals surface area contributed by atoms with E-state index in [9.17, 15) is 5.11 Å². The van der Waals surface area contributed by atoms with Gasteiger partial charge in [-0.3, -0.25) is 4.68 Å². The maximum atomic E-state index is 9.96. The van der Waals surface area contributed by atoms with Crippen LogP contribution < -0.4 is 5.32 Å². The molecule has 1 heterocycles. The number of benzene rings is 1. The van der Waals surface area contributed by atoms with Crippen LogP contribution in [0.1, 0.15) is 30.5 Å². The van der Waals surface area contributed by atoms with Crippen LogP contribution in [-0.4, -0.2) is 14.9 Å². The van der Waals surface area contributed by atoms with E-state index in [2.05, 4.69) is 33.3 Å². The lowest BCUT2D eigenvalue weighted by atomic mass is 10.0. The molecule has 0 saturated carbocycles. The molecule has 2 aromatic rings. The van der Waals surface area contributed by atoms with Gasteiger partial charge >= 0.3 is 0 Å². The largest absolute Gasteiger partial charge is 0.508 e. The monoisotopic (exact) mass is 323 g/mol. The summed E-state index contributed by atoms with van der Waals surface area (Å²) < 4.78 is 2.76. The molecule has 4 nitrogen and oxygen atoms in total. The number of halogens is 1. The molecule has 0 radical (unpaired) electrons. The molecular formula is C14H18BrN3O. The molecular weight excluding hydrogens is 306 g/mol. The molecule has 0 saturated heterocycles. The summed E-state index contributed by atoms with van der Waals surface area (Å²) in [5, 5.41) is 17.6. The van der Waals surface area contributed by atoms with Gasteiger partial charge in [0.15, 0.2) is 0 Å². The number of nitrogens with one attached hydrogen (secondary N) is 1.